The van der Waals surface area contributed by atoms with E-state index in [-0.39, 0.29) is 0 Å². The second kappa shape index (κ2) is 5.38. The minimum Gasteiger partial charge on any atom is -0.389 e. The van der Waals surface area contributed by atoms with Crippen LogP contribution in [-0.2, 0) is 4.74 Å². The van der Waals surface area contributed by atoms with Gasteiger partial charge in [-0.3, -0.25) is 0 Å². The molecule has 0 radical (unpaired) electrons. The zero-order valence-electron chi connectivity index (χ0n) is 10.2. The first-order valence-electron chi connectivity index (χ1n) is 5.87. The van der Waals surface area contributed by atoms with Crippen molar-refractivity contribution in [1.29, 1.82) is 0 Å². The van der Waals surface area contributed by atoms with Crippen molar-refractivity contribution in [2.75, 3.05) is 25.2 Å². The van der Waals surface area contributed by atoms with E-state index < -0.39 is 6.10 Å². The monoisotopic (exact) mass is 299 g/mol. The number of likely N-dealkylation sites (N-methyl/N-ethyl adjacent to an activating group) is 1. The first-order valence-corrected chi connectivity index (χ1v) is 6.67. The molecule has 0 aromatic heterocycles. The second-order valence-electron chi connectivity index (χ2n) is 4.51. The van der Waals surface area contributed by atoms with E-state index in [0.29, 0.717) is 6.04 Å². The lowest BCUT2D eigenvalue weighted by Crippen LogP contribution is -2.32. The molecular formula is C13H18BrNO2. The number of aliphatic hydroxyl groups is 1. The van der Waals surface area contributed by atoms with Crippen molar-refractivity contribution in [3.8, 4) is 0 Å². The maximum atomic E-state index is 9.84. The quantitative estimate of drug-likeness (QED) is 0.931. The molecule has 4 heteroatoms. The van der Waals surface area contributed by atoms with Gasteiger partial charge in [-0.1, -0.05) is 15.9 Å². The Morgan fingerprint density at radius 3 is 2.88 bits per heavy atom. The van der Waals surface area contributed by atoms with Gasteiger partial charge in [0.15, 0.2) is 0 Å². The van der Waals surface area contributed by atoms with E-state index in [1.165, 1.54) is 0 Å². The van der Waals surface area contributed by atoms with Crippen LogP contribution < -0.4 is 4.90 Å². The highest BCUT2D eigenvalue weighted by atomic mass is 79.9. The number of rotatable bonds is 3. The van der Waals surface area contributed by atoms with Gasteiger partial charge in [-0.05, 0) is 31.5 Å². The molecule has 2 unspecified atom stereocenters. The summed E-state index contributed by atoms with van der Waals surface area (Å²) in [5.41, 5.74) is 2.03. The van der Waals surface area contributed by atoms with Crippen molar-refractivity contribution in [3.05, 3.63) is 28.2 Å². The number of benzene rings is 1. The van der Waals surface area contributed by atoms with Crippen LogP contribution in [0.3, 0.4) is 0 Å². The summed E-state index contributed by atoms with van der Waals surface area (Å²) >= 11 is 3.44. The highest BCUT2D eigenvalue weighted by molar-refractivity contribution is 9.10. The van der Waals surface area contributed by atoms with Crippen LogP contribution in [0.5, 0.6) is 0 Å². The summed E-state index contributed by atoms with van der Waals surface area (Å²) in [6, 6.07) is 6.44. The molecule has 1 aromatic carbocycles. The molecule has 0 amide bonds. The highest BCUT2D eigenvalue weighted by Crippen LogP contribution is 2.31. The predicted octanol–water partition coefficient (Wildman–Crippen LogP) is 2.73. The minimum atomic E-state index is -0.465. The lowest BCUT2D eigenvalue weighted by atomic mass is 10.1. The van der Waals surface area contributed by atoms with E-state index in [1.54, 1.807) is 6.92 Å². The van der Waals surface area contributed by atoms with Crippen molar-refractivity contribution in [2.24, 2.45) is 0 Å². The summed E-state index contributed by atoms with van der Waals surface area (Å²) in [7, 11) is 2.06. The number of halogens is 1. The maximum Gasteiger partial charge on any atom is 0.0782 e. The molecule has 1 aliphatic heterocycles. The summed E-state index contributed by atoms with van der Waals surface area (Å²) in [6.45, 7) is 3.39. The lowest BCUT2D eigenvalue weighted by Gasteiger charge is -2.28. The van der Waals surface area contributed by atoms with Gasteiger partial charge in [0.1, 0.15) is 0 Å². The molecule has 1 aromatic rings. The first-order chi connectivity index (χ1) is 8.09. The number of ether oxygens (including phenoxy) is 1. The molecule has 1 heterocycles. The number of anilines is 1. The van der Waals surface area contributed by atoms with Crippen LogP contribution in [0.2, 0.25) is 0 Å². The summed E-state index contributed by atoms with van der Waals surface area (Å²) in [6.07, 6.45) is 0.582. The Morgan fingerprint density at radius 1 is 1.53 bits per heavy atom. The van der Waals surface area contributed by atoms with Crippen molar-refractivity contribution in [1.82, 2.24) is 0 Å². The van der Waals surface area contributed by atoms with Crippen LogP contribution in [0, 0.1) is 0 Å². The van der Waals surface area contributed by atoms with Gasteiger partial charge in [0.2, 0.25) is 0 Å². The van der Waals surface area contributed by atoms with Crippen molar-refractivity contribution in [3.63, 3.8) is 0 Å². The van der Waals surface area contributed by atoms with Gasteiger partial charge in [-0.2, -0.15) is 0 Å². The van der Waals surface area contributed by atoms with Gasteiger partial charge in [0.25, 0.3) is 0 Å². The zero-order chi connectivity index (χ0) is 12.4. The van der Waals surface area contributed by atoms with Gasteiger partial charge < -0.3 is 14.7 Å². The number of aliphatic hydroxyl groups excluding tert-OH is 1. The lowest BCUT2D eigenvalue weighted by molar-refractivity contribution is 0.192. The van der Waals surface area contributed by atoms with E-state index in [9.17, 15) is 5.11 Å². The normalized spacial score (nSPS) is 21.5. The molecule has 0 saturated carbocycles. The van der Waals surface area contributed by atoms with E-state index in [2.05, 4.69) is 27.9 Å². The average Bonchev–Trinajstić information content (AvgIpc) is 2.81. The van der Waals surface area contributed by atoms with Crippen LogP contribution in [0.4, 0.5) is 5.69 Å². The molecule has 1 aliphatic rings. The highest BCUT2D eigenvalue weighted by Gasteiger charge is 2.23. The first kappa shape index (κ1) is 12.9. The largest absolute Gasteiger partial charge is 0.389 e. The Hall–Kier alpha value is -0.580. The van der Waals surface area contributed by atoms with Gasteiger partial charge in [-0.15, -0.1) is 0 Å². The van der Waals surface area contributed by atoms with Crippen molar-refractivity contribution < 1.29 is 9.84 Å². The maximum absolute atomic E-state index is 9.84. The number of nitrogens with zero attached hydrogens (tertiary/aromatic N) is 1. The Bertz CT molecular complexity index is 389. The summed E-state index contributed by atoms with van der Waals surface area (Å²) in [5, 5.41) is 9.84. The minimum absolute atomic E-state index is 0.411. The Morgan fingerprint density at radius 2 is 2.29 bits per heavy atom. The molecule has 1 fully saturated rings. The zero-order valence-corrected chi connectivity index (χ0v) is 11.8. The molecule has 0 spiro atoms. The van der Waals surface area contributed by atoms with E-state index >= 15 is 0 Å². The fraction of sp³-hybridized carbons (Fsp3) is 0.538. The van der Waals surface area contributed by atoms with Gasteiger partial charge >= 0.3 is 0 Å². The topological polar surface area (TPSA) is 32.7 Å². The molecule has 3 nitrogen and oxygen atoms in total. The Kier molecular flexibility index (Phi) is 4.07. The van der Waals surface area contributed by atoms with Crippen molar-refractivity contribution in [2.45, 2.75) is 25.5 Å². The SMILES string of the molecule is CC(O)c1cc(Br)ccc1N(C)C1CCOC1. The smallest absolute Gasteiger partial charge is 0.0782 e. The third-order valence-corrected chi connectivity index (χ3v) is 3.77. The number of hydrogen-bond acceptors (Lipinski definition) is 3. The molecule has 94 valence electrons. The molecule has 0 bridgehead atoms. The molecule has 2 rings (SSSR count). The van der Waals surface area contributed by atoms with Crippen LogP contribution in [0.1, 0.15) is 25.0 Å². The van der Waals surface area contributed by atoms with Gasteiger partial charge in [0.05, 0.1) is 18.8 Å². The molecular weight excluding hydrogens is 282 g/mol. The second-order valence-corrected chi connectivity index (χ2v) is 5.42. The molecule has 1 N–H and O–H groups in total. The predicted molar refractivity (Wildman–Crippen MR) is 72.4 cm³/mol. The van der Waals surface area contributed by atoms with E-state index in [1.807, 2.05) is 18.2 Å². The Labute approximate surface area is 111 Å². The Balaban J connectivity index is 2.29. The molecule has 17 heavy (non-hydrogen) atoms. The summed E-state index contributed by atoms with van der Waals surface area (Å²) < 4.78 is 6.40. The molecule has 0 aliphatic carbocycles. The molecule has 2 atom stereocenters. The average molecular weight is 300 g/mol. The fourth-order valence-corrected chi connectivity index (χ4v) is 2.58. The third-order valence-electron chi connectivity index (χ3n) is 3.27. The summed E-state index contributed by atoms with van der Waals surface area (Å²) in [4.78, 5) is 2.21. The fourth-order valence-electron chi connectivity index (χ4n) is 2.21. The van der Waals surface area contributed by atoms with Crippen LogP contribution in [0.25, 0.3) is 0 Å². The molecule has 1 saturated heterocycles. The summed E-state index contributed by atoms with van der Waals surface area (Å²) in [5.74, 6) is 0. The third kappa shape index (κ3) is 2.81. The van der Waals surface area contributed by atoms with Crippen LogP contribution >= 0.6 is 15.9 Å². The van der Waals surface area contributed by atoms with Crippen LogP contribution in [0.15, 0.2) is 22.7 Å². The van der Waals surface area contributed by atoms with E-state index in [4.69, 9.17) is 4.74 Å². The van der Waals surface area contributed by atoms with Gasteiger partial charge in [0, 0.05) is 29.4 Å². The standard InChI is InChI=1S/C13H18BrNO2/c1-9(16)12-7-10(14)3-4-13(12)15(2)11-5-6-17-8-11/h3-4,7,9,11,16H,5-6,8H2,1-2H3. The van der Waals surface area contributed by atoms with E-state index in [0.717, 1.165) is 35.4 Å². The van der Waals surface area contributed by atoms with Crippen LogP contribution in [-0.4, -0.2) is 31.4 Å². The number of hydrogen-bond donors (Lipinski definition) is 1. The van der Waals surface area contributed by atoms with Crippen molar-refractivity contribution >= 4 is 21.6 Å². The van der Waals surface area contributed by atoms with Gasteiger partial charge in [-0.25, -0.2) is 0 Å².